The highest BCUT2D eigenvalue weighted by molar-refractivity contribution is 7.22. The lowest BCUT2D eigenvalue weighted by atomic mass is 10.1. The fraction of sp³-hybridized carbons (Fsp3) is 0.371. The number of hydrogen-bond acceptors (Lipinski definition) is 12. The summed E-state index contributed by atoms with van der Waals surface area (Å²) in [7, 11) is 1.57. The van der Waals surface area contributed by atoms with Gasteiger partial charge in [-0.05, 0) is 75.6 Å². The van der Waals surface area contributed by atoms with Crippen molar-refractivity contribution in [1.82, 2.24) is 24.8 Å². The molecule has 5 aromatic rings. The largest absolute Gasteiger partial charge is 0.484 e. The number of benzene rings is 2. The van der Waals surface area contributed by atoms with Gasteiger partial charge in [-0.15, -0.1) is 11.3 Å². The standard InChI is InChI=1S/C35H36N6O7S/c1-18-9-23(29-25(10-18)39-27(44-6)14-37-29)32-40-28-19(2)11-26-30(31(28)49-32)45-16-22(47-26)17-46-33(42)38-21-12-20-15-41(8-7-24(20)36-13-21)34(43)48-35(3,4)5/h9-14,22H,7-8,15-17H2,1-6H3,(H,38,42). The summed E-state index contributed by atoms with van der Waals surface area (Å²) in [6, 6.07) is 7.72. The summed E-state index contributed by atoms with van der Waals surface area (Å²) in [6.07, 6.45) is 2.24. The predicted octanol–water partition coefficient (Wildman–Crippen LogP) is 6.61. The Morgan fingerprint density at radius 3 is 2.71 bits per heavy atom. The summed E-state index contributed by atoms with van der Waals surface area (Å²) < 4.78 is 29.6. The molecule has 1 atom stereocenters. The van der Waals surface area contributed by atoms with E-state index < -0.39 is 17.8 Å². The highest BCUT2D eigenvalue weighted by atomic mass is 32.1. The van der Waals surface area contributed by atoms with Crippen molar-refractivity contribution in [3.8, 4) is 28.0 Å². The molecule has 3 aromatic heterocycles. The van der Waals surface area contributed by atoms with Gasteiger partial charge in [0.15, 0.2) is 17.6 Å². The lowest BCUT2D eigenvalue weighted by Gasteiger charge is -2.31. The van der Waals surface area contributed by atoms with E-state index in [2.05, 4.69) is 26.3 Å². The first kappa shape index (κ1) is 32.3. The maximum absolute atomic E-state index is 12.8. The second-order valence-electron chi connectivity index (χ2n) is 13.1. The molecule has 2 aliphatic heterocycles. The minimum absolute atomic E-state index is 0.0293. The smallest absolute Gasteiger partial charge is 0.411 e. The Kier molecular flexibility index (Phi) is 8.35. The molecule has 5 heterocycles. The Hall–Kier alpha value is -5.24. The fourth-order valence-electron chi connectivity index (χ4n) is 5.80. The molecule has 2 amide bonds. The normalized spacial score (nSPS) is 15.6. The molecule has 0 saturated carbocycles. The van der Waals surface area contributed by atoms with Crippen LogP contribution in [0.4, 0.5) is 15.3 Å². The number of ether oxygens (including phenoxy) is 5. The SMILES string of the molecule is COc1cnc2c(-c3nc4c(C)cc5c(c4s3)OCC(COC(=O)Nc3cnc4c(c3)CN(C(=O)OC(C)(C)C)CC4)O5)cc(C)cc2n1. The number of carbonyl (C=O) groups excluding carboxylic acids is 2. The van der Waals surface area contributed by atoms with Crippen molar-refractivity contribution < 1.29 is 33.3 Å². The van der Waals surface area contributed by atoms with Crippen LogP contribution in [0.1, 0.15) is 43.2 Å². The first-order chi connectivity index (χ1) is 23.4. The van der Waals surface area contributed by atoms with Crippen LogP contribution in [0, 0.1) is 13.8 Å². The number of rotatable bonds is 5. The molecule has 254 valence electrons. The molecule has 1 unspecified atom stereocenters. The number of nitrogens with one attached hydrogen (secondary N) is 1. The van der Waals surface area contributed by atoms with Gasteiger partial charge in [0.2, 0.25) is 5.88 Å². The lowest BCUT2D eigenvalue weighted by molar-refractivity contribution is 0.0222. The van der Waals surface area contributed by atoms with E-state index in [1.165, 1.54) is 11.3 Å². The van der Waals surface area contributed by atoms with Crippen LogP contribution >= 0.6 is 11.3 Å². The molecule has 0 radical (unpaired) electrons. The molecular formula is C35H36N6O7S. The molecule has 0 bridgehead atoms. The summed E-state index contributed by atoms with van der Waals surface area (Å²) >= 11 is 1.50. The molecule has 1 N–H and O–H groups in total. The van der Waals surface area contributed by atoms with Crippen LogP contribution < -0.4 is 19.5 Å². The van der Waals surface area contributed by atoms with Crippen LogP contribution in [-0.2, 0) is 22.4 Å². The Balaban J connectivity index is 1.02. The second kappa shape index (κ2) is 12.7. The van der Waals surface area contributed by atoms with Gasteiger partial charge in [0.05, 0.1) is 48.3 Å². The van der Waals surface area contributed by atoms with Gasteiger partial charge >= 0.3 is 12.2 Å². The fourth-order valence-corrected chi connectivity index (χ4v) is 6.96. The number of pyridine rings is 1. The maximum Gasteiger partial charge on any atom is 0.411 e. The van der Waals surface area contributed by atoms with Gasteiger partial charge in [-0.2, -0.15) is 0 Å². The van der Waals surface area contributed by atoms with Crippen molar-refractivity contribution in [3.05, 3.63) is 59.0 Å². The molecule has 0 fully saturated rings. The third-order valence-corrected chi connectivity index (χ3v) is 9.12. The number of amides is 2. The molecule has 2 aromatic carbocycles. The zero-order valence-electron chi connectivity index (χ0n) is 28.1. The van der Waals surface area contributed by atoms with Crippen LogP contribution in [0.5, 0.6) is 17.4 Å². The van der Waals surface area contributed by atoms with Gasteiger partial charge < -0.3 is 28.6 Å². The third kappa shape index (κ3) is 6.73. The average molecular weight is 685 g/mol. The molecule has 0 spiro atoms. The lowest BCUT2D eigenvalue weighted by Crippen LogP contribution is -2.40. The van der Waals surface area contributed by atoms with E-state index in [-0.39, 0.29) is 19.3 Å². The number of fused-ring (bicyclic) bond motifs is 5. The monoisotopic (exact) mass is 684 g/mol. The molecular weight excluding hydrogens is 648 g/mol. The molecule has 0 saturated heterocycles. The average Bonchev–Trinajstić information content (AvgIpc) is 3.52. The zero-order chi connectivity index (χ0) is 34.4. The van der Waals surface area contributed by atoms with Gasteiger partial charge in [-0.3, -0.25) is 10.3 Å². The predicted molar refractivity (Wildman–Crippen MR) is 184 cm³/mol. The Labute approximate surface area is 286 Å². The highest BCUT2D eigenvalue weighted by Crippen LogP contribution is 2.46. The minimum Gasteiger partial charge on any atom is -0.484 e. The van der Waals surface area contributed by atoms with Gasteiger partial charge in [-0.25, -0.2) is 24.5 Å². The zero-order valence-corrected chi connectivity index (χ0v) is 28.9. The molecule has 2 aliphatic rings. The van der Waals surface area contributed by atoms with Crippen molar-refractivity contribution in [2.45, 2.75) is 59.3 Å². The van der Waals surface area contributed by atoms with Crippen molar-refractivity contribution in [2.24, 2.45) is 0 Å². The molecule has 13 nitrogen and oxygen atoms in total. The Morgan fingerprint density at radius 2 is 1.92 bits per heavy atom. The van der Waals surface area contributed by atoms with Crippen molar-refractivity contribution >= 4 is 50.5 Å². The van der Waals surface area contributed by atoms with E-state index in [0.29, 0.717) is 42.6 Å². The quantitative estimate of drug-likeness (QED) is 0.213. The molecule has 14 heteroatoms. The van der Waals surface area contributed by atoms with Crippen LogP contribution in [0.15, 0.2) is 36.7 Å². The summed E-state index contributed by atoms with van der Waals surface area (Å²) in [5, 5.41) is 3.52. The number of aryl methyl sites for hydroxylation is 2. The van der Waals surface area contributed by atoms with E-state index in [0.717, 1.165) is 54.2 Å². The summed E-state index contributed by atoms with van der Waals surface area (Å²) in [4.78, 5) is 45.6. The van der Waals surface area contributed by atoms with E-state index >= 15 is 0 Å². The summed E-state index contributed by atoms with van der Waals surface area (Å²) in [6.45, 7) is 10.5. The number of aromatic nitrogens is 4. The van der Waals surface area contributed by atoms with Gasteiger partial charge in [-0.1, -0.05) is 0 Å². The first-order valence-electron chi connectivity index (χ1n) is 15.9. The summed E-state index contributed by atoms with van der Waals surface area (Å²) in [5.74, 6) is 1.62. The van der Waals surface area contributed by atoms with Gasteiger partial charge in [0.1, 0.15) is 28.5 Å². The van der Waals surface area contributed by atoms with E-state index in [1.54, 1.807) is 30.5 Å². The van der Waals surface area contributed by atoms with Gasteiger partial charge in [0.25, 0.3) is 0 Å². The number of nitrogens with zero attached hydrogens (tertiary/aromatic N) is 5. The summed E-state index contributed by atoms with van der Waals surface area (Å²) in [5.41, 5.74) is 6.71. The van der Waals surface area contributed by atoms with E-state index in [4.69, 9.17) is 28.7 Å². The number of anilines is 1. The number of hydrogen-bond donors (Lipinski definition) is 1. The van der Waals surface area contributed by atoms with E-state index in [9.17, 15) is 9.59 Å². The molecule has 49 heavy (non-hydrogen) atoms. The highest BCUT2D eigenvalue weighted by Gasteiger charge is 2.29. The Morgan fingerprint density at radius 1 is 1.08 bits per heavy atom. The Bertz CT molecular complexity index is 2110. The minimum atomic E-state index is -0.652. The van der Waals surface area contributed by atoms with Crippen LogP contribution in [-0.4, -0.2) is 75.6 Å². The molecule has 0 aliphatic carbocycles. The third-order valence-electron chi connectivity index (χ3n) is 8.03. The van der Waals surface area contributed by atoms with Gasteiger partial charge in [0, 0.05) is 24.2 Å². The number of carbonyl (C=O) groups is 2. The van der Waals surface area contributed by atoms with Crippen LogP contribution in [0.3, 0.4) is 0 Å². The molecule has 7 rings (SSSR count). The number of thiazole rings is 1. The van der Waals surface area contributed by atoms with Crippen molar-refractivity contribution in [2.75, 3.05) is 32.2 Å². The van der Waals surface area contributed by atoms with Crippen LogP contribution in [0.2, 0.25) is 0 Å². The van der Waals surface area contributed by atoms with Crippen molar-refractivity contribution in [3.63, 3.8) is 0 Å². The van der Waals surface area contributed by atoms with E-state index in [1.807, 2.05) is 46.8 Å². The van der Waals surface area contributed by atoms with Crippen LogP contribution in [0.25, 0.3) is 31.8 Å². The number of methoxy groups -OCH3 is 1. The second-order valence-corrected chi connectivity index (χ2v) is 14.1. The maximum atomic E-state index is 12.8. The first-order valence-corrected chi connectivity index (χ1v) is 16.7. The van der Waals surface area contributed by atoms with Crippen molar-refractivity contribution in [1.29, 1.82) is 0 Å². The topological polar surface area (TPSA) is 147 Å².